The van der Waals surface area contributed by atoms with Crippen molar-refractivity contribution < 1.29 is 18.4 Å². The molecule has 0 fully saturated rings. The fourth-order valence-corrected chi connectivity index (χ4v) is 3.38. The SMILES string of the molecule is CC(C)(C)OC(=O)NCCNc1ncc(-c2nnc(CO[Si](C)(C)C(C)(C)C)o2)cc1Cl. The molecule has 0 saturated heterocycles. The summed E-state index contributed by atoms with van der Waals surface area (Å²) in [5.41, 5.74) is 0.0717. The first kappa shape index (κ1) is 26.1. The van der Waals surface area contributed by atoms with Gasteiger partial charge in [-0.1, -0.05) is 32.4 Å². The Morgan fingerprint density at radius 2 is 1.84 bits per heavy atom. The number of carbonyl (C=O) groups excluding carboxylic acids is 1. The summed E-state index contributed by atoms with van der Waals surface area (Å²) >= 11 is 6.34. The van der Waals surface area contributed by atoms with Crippen LogP contribution in [-0.4, -0.2) is 48.3 Å². The first-order valence-electron chi connectivity index (χ1n) is 10.5. The van der Waals surface area contributed by atoms with Crippen molar-refractivity contribution in [2.45, 2.75) is 71.9 Å². The first-order chi connectivity index (χ1) is 14.7. The maximum atomic E-state index is 11.7. The molecular formula is C21H34ClN5O4Si. The van der Waals surface area contributed by atoms with Gasteiger partial charge in [-0.05, 0) is 45.0 Å². The number of anilines is 1. The third-order valence-electron chi connectivity index (χ3n) is 5.00. The number of halogens is 1. The number of hydrogen-bond donors (Lipinski definition) is 2. The molecule has 0 aliphatic carbocycles. The van der Waals surface area contributed by atoms with Gasteiger partial charge in [0, 0.05) is 19.3 Å². The number of nitrogens with one attached hydrogen (secondary N) is 2. The van der Waals surface area contributed by atoms with Crippen molar-refractivity contribution in [3.05, 3.63) is 23.2 Å². The zero-order valence-electron chi connectivity index (χ0n) is 20.1. The van der Waals surface area contributed by atoms with E-state index in [0.717, 1.165) is 0 Å². The van der Waals surface area contributed by atoms with E-state index in [-0.39, 0.29) is 11.6 Å². The number of nitrogens with zero attached hydrogens (tertiary/aromatic N) is 3. The average Bonchev–Trinajstić information content (AvgIpc) is 3.11. The van der Waals surface area contributed by atoms with Gasteiger partial charge in [0.1, 0.15) is 18.0 Å². The van der Waals surface area contributed by atoms with Crippen LogP contribution in [-0.2, 0) is 15.8 Å². The Bertz CT molecular complexity index is 922. The maximum absolute atomic E-state index is 11.7. The van der Waals surface area contributed by atoms with Crippen LogP contribution in [0.4, 0.5) is 10.6 Å². The molecule has 9 nitrogen and oxygen atoms in total. The van der Waals surface area contributed by atoms with Crippen LogP contribution < -0.4 is 10.6 Å². The topological polar surface area (TPSA) is 111 Å². The molecule has 0 atom stereocenters. The lowest BCUT2D eigenvalue weighted by molar-refractivity contribution is 0.0530. The Morgan fingerprint density at radius 3 is 2.44 bits per heavy atom. The summed E-state index contributed by atoms with van der Waals surface area (Å²) in [7, 11) is -1.91. The molecule has 0 unspecified atom stereocenters. The second-order valence-electron chi connectivity index (χ2n) is 9.96. The highest BCUT2D eigenvalue weighted by atomic mass is 35.5. The number of hydrogen-bond acceptors (Lipinski definition) is 8. The van der Waals surface area contributed by atoms with Crippen LogP contribution in [0.2, 0.25) is 23.2 Å². The monoisotopic (exact) mass is 483 g/mol. The molecule has 0 aliphatic heterocycles. The Hall–Kier alpha value is -2.17. The highest BCUT2D eigenvalue weighted by Gasteiger charge is 2.37. The quantitative estimate of drug-likeness (QED) is 0.387. The zero-order valence-corrected chi connectivity index (χ0v) is 21.9. The first-order valence-corrected chi connectivity index (χ1v) is 13.8. The third kappa shape index (κ3) is 7.75. The van der Waals surface area contributed by atoms with Crippen molar-refractivity contribution in [3.63, 3.8) is 0 Å². The van der Waals surface area contributed by atoms with Crippen LogP contribution in [0.5, 0.6) is 0 Å². The van der Waals surface area contributed by atoms with Gasteiger partial charge in [0.15, 0.2) is 8.32 Å². The van der Waals surface area contributed by atoms with E-state index in [1.807, 2.05) is 20.8 Å². The second kappa shape index (κ2) is 10.2. The van der Waals surface area contributed by atoms with E-state index < -0.39 is 20.0 Å². The van der Waals surface area contributed by atoms with Gasteiger partial charge >= 0.3 is 6.09 Å². The van der Waals surface area contributed by atoms with Gasteiger partial charge in [-0.25, -0.2) is 9.78 Å². The minimum absolute atomic E-state index is 0.0958. The molecule has 0 saturated carbocycles. The van der Waals surface area contributed by atoms with Crippen molar-refractivity contribution in [3.8, 4) is 11.5 Å². The fourth-order valence-electron chi connectivity index (χ4n) is 2.23. The minimum atomic E-state index is -1.91. The number of pyridine rings is 1. The number of alkyl carbamates (subject to hydrolysis) is 1. The van der Waals surface area contributed by atoms with Gasteiger partial charge in [-0.2, -0.15) is 0 Å². The molecule has 0 bridgehead atoms. The molecule has 1 amide bonds. The molecule has 2 aromatic rings. The lowest BCUT2D eigenvalue weighted by atomic mass is 10.2. The summed E-state index contributed by atoms with van der Waals surface area (Å²) in [5.74, 6) is 1.23. The smallest absolute Gasteiger partial charge is 0.407 e. The van der Waals surface area contributed by atoms with Crippen LogP contribution in [0, 0.1) is 0 Å². The van der Waals surface area contributed by atoms with E-state index in [1.54, 1.807) is 12.3 Å². The molecule has 0 aliphatic rings. The lowest BCUT2D eigenvalue weighted by Crippen LogP contribution is -2.40. The Labute approximate surface area is 195 Å². The lowest BCUT2D eigenvalue weighted by Gasteiger charge is -2.35. The van der Waals surface area contributed by atoms with Crippen molar-refractivity contribution in [1.29, 1.82) is 0 Å². The summed E-state index contributed by atoms with van der Waals surface area (Å²) in [6.45, 7) is 17.4. The highest BCUT2D eigenvalue weighted by Crippen LogP contribution is 2.37. The van der Waals surface area contributed by atoms with E-state index in [4.69, 9.17) is 25.2 Å². The molecule has 32 heavy (non-hydrogen) atoms. The number of rotatable bonds is 8. The molecule has 0 spiro atoms. The molecule has 0 radical (unpaired) electrons. The van der Waals surface area contributed by atoms with Gasteiger partial charge < -0.3 is 24.2 Å². The van der Waals surface area contributed by atoms with Crippen molar-refractivity contribution in [2.24, 2.45) is 0 Å². The maximum Gasteiger partial charge on any atom is 0.407 e. The molecular weight excluding hydrogens is 450 g/mol. The van der Waals surface area contributed by atoms with Gasteiger partial charge in [-0.3, -0.25) is 0 Å². The van der Waals surface area contributed by atoms with Gasteiger partial charge in [0.2, 0.25) is 11.8 Å². The molecule has 2 rings (SSSR count). The molecule has 0 aromatic carbocycles. The van der Waals surface area contributed by atoms with E-state index in [2.05, 4.69) is 59.7 Å². The molecule has 11 heteroatoms. The molecule has 178 valence electrons. The van der Waals surface area contributed by atoms with E-state index in [9.17, 15) is 4.79 Å². The Morgan fingerprint density at radius 1 is 1.16 bits per heavy atom. The largest absolute Gasteiger partial charge is 0.444 e. The second-order valence-corrected chi connectivity index (χ2v) is 15.2. The third-order valence-corrected chi connectivity index (χ3v) is 9.77. The summed E-state index contributed by atoms with van der Waals surface area (Å²) in [4.78, 5) is 16.0. The number of amides is 1. The minimum Gasteiger partial charge on any atom is -0.444 e. The molecule has 2 heterocycles. The fraction of sp³-hybridized carbons (Fsp3) is 0.619. The predicted molar refractivity (Wildman–Crippen MR) is 127 cm³/mol. The van der Waals surface area contributed by atoms with Crippen molar-refractivity contribution >= 4 is 31.8 Å². The van der Waals surface area contributed by atoms with Crippen LogP contribution in [0.25, 0.3) is 11.5 Å². The van der Waals surface area contributed by atoms with Crippen LogP contribution in [0.1, 0.15) is 47.4 Å². The Kier molecular flexibility index (Phi) is 8.30. The van der Waals surface area contributed by atoms with Crippen LogP contribution in [0.3, 0.4) is 0 Å². The normalized spacial score (nSPS) is 12.5. The van der Waals surface area contributed by atoms with Gasteiger partial charge in [0.25, 0.3) is 0 Å². The van der Waals surface area contributed by atoms with Crippen LogP contribution in [0.15, 0.2) is 16.7 Å². The number of aromatic nitrogens is 3. The van der Waals surface area contributed by atoms with Crippen molar-refractivity contribution in [2.75, 3.05) is 18.4 Å². The number of carbonyl (C=O) groups is 1. The zero-order chi connectivity index (χ0) is 24.2. The average molecular weight is 484 g/mol. The molecule has 2 aromatic heterocycles. The summed E-state index contributed by atoms with van der Waals surface area (Å²) in [6, 6.07) is 1.70. The summed E-state index contributed by atoms with van der Waals surface area (Å²) < 4.78 is 17.0. The number of ether oxygens (including phenoxy) is 1. The van der Waals surface area contributed by atoms with E-state index >= 15 is 0 Å². The van der Waals surface area contributed by atoms with E-state index in [1.165, 1.54) is 0 Å². The standard InChI is InChI=1S/C21H34ClN5O4Si/c1-20(2,3)31-19(28)24-10-9-23-17-15(22)11-14(12-25-17)18-27-26-16(30-18)13-29-32(7,8)21(4,5)6/h11-12H,9-10,13H2,1-8H3,(H,23,25)(H,24,28). The summed E-state index contributed by atoms with van der Waals surface area (Å²) in [6.07, 6.45) is 1.13. The van der Waals surface area contributed by atoms with Crippen molar-refractivity contribution in [1.82, 2.24) is 20.5 Å². The van der Waals surface area contributed by atoms with Gasteiger partial charge in [0.05, 0.1) is 10.6 Å². The van der Waals surface area contributed by atoms with Gasteiger partial charge in [-0.15, -0.1) is 10.2 Å². The Balaban J connectivity index is 1.90. The molecule has 2 N–H and O–H groups in total. The summed E-state index contributed by atoms with van der Waals surface area (Å²) in [5, 5.41) is 14.4. The highest BCUT2D eigenvalue weighted by molar-refractivity contribution is 6.74. The predicted octanol–water partition coefficient (Wildman–Crippen LogP) is 5.24. The van der Waals surface area contributed by atoms with E-state index in [0.29, 0.717) is 41.3 Å². The van der Waals surface area contributed by atoms with Crippen LogP contribution >= 0.6 is 11.6 Å².